The number of rotatable bonds is 3. The zero-order valence-electron chi connectivity index (χ0n) is 14.5. The van der Waals surface area contributed by atoms with E-state index in [0.29, 0.717) is 17.1 Å². The van der Waals surface area contributed by atoms with E-state index in [0.717, 1.165) is 0 Å². The molecule has 6 heteroatoms. The molecule has 0 bridgehead atoms. The third kappa shape index (κ3) is 3.38. The smallest absolute Gasteiger partial charge is 0.201 e. The van der Waals surface area contributed by atoms with Crippen LogP contribution in [0, 0.1) is 0 Å². The minimum atomic E-state index is -0.561. The van der Waals surface area contributed by atoms with Gasteiger partial charge in [-0.3, -0.25) is 4.79 Å². The molecule has 0 aliphatic rings. The standard InChI is InChI=1S/C17H14O6.C2H6/c1-21-10-5-3-9(4-6-10)12-7-11(18)15-13(23-12)8-14(22-2)16(19)17(15)20;1-2/h3-8,19-20H,1-2H3;1-2H3. The second kappa shape index (κ2) is 7.61. The molecule has 0 aliphatic heterocycles. The highest BCUT2D eigenvalue weighted by atomic mass is 16.5. The molecule has 1 heterocycles. The fourth-order valence-electron chi connectivity index (χ4n) is 2.32. The Bertz CT molecular complexity index is 925. The van der Waals surface area contributed by atoms with Gasteiger partial charge in [0.15, 0.2) is 16.9 Å². The molecule has 0 spiro atoms. The molecule has 0 aliphatic carbocycles. The summed E-state index contributed by atoms with van der Waals surface area (Å²) in [6.45, 7) is 4.00. The van der Waals surface area contributed by atoms with E-state index in [1.165, 1.54) is 19.2 Å². The first kappa shape index (κ1) is 18.2. The number of benzene rings is 2. The van der Waals surface area contributed by atoms with Crippen molar-refractivity contribution in [3.8, 4) is 34.3 Å². The molecule has 0 atom stereocenters. The molecule has 1 aromatic heterocycles. The maximum absolute atomic E-state index is 12.3. The van der Waals surface area contributed by atoms with Crippen LogP contribution in [0.15, 0.2) is 45.6 Å². The van der Waals surface area contributed by atoms with Gasteiger partial charge in [0.2, 0.25) is 5.75 Å². The van der Waals surface area contributed by atoms with Crippen molar-refractivity contribution in [2.45, 2.75) is 13.8 Å². The van der Waals surface area contributed by atoms with E-state index in [1.54, 1.807) is 31.4 Å². The lowest BCUT2D eigenvalue weighted by Gasteiger charge is -2.09. The van der Waals surface area contributed by atoms with Gasteiger partial charge in [-0.25, -0.2) is 0 Å². The van der Waals surface area contributed by atoms with Crippen LogP contribution in [0.4, 0.5) is 0 Å². The van der Waals surface area contributed by atoms with E-state index in [4.69, 9.17) is 13.9 Å². The first-order valence-corrected chi connectivity index (χ1v) is 7.76. The Morgan fingerprint density at radius 2 is 1.56 bits per heavy atom. The van der Waals surface area contributed by atoms with Gasteiger partial charge in [-0.05, 0) is 24.3 Å². The topological polar surface area (TPSA) is 89.1 Å². The van der Waals surface area contributed by atoms with Crippen LogP contribution in [0.25, 0.3) is 22.3 Å². The van der Waals surface area contributed by atoms with Crippen molar-refractivity contribution in [3.63, 3.8) is 0 Å². The van der Waals surface area contributed by atoms with Crippen molar-refractivity contribution in [3.05, 3.63) is 46.6 Å². The lowest BCUT2D eigenvalue weighted by atomic mass is 10.1. The van der Waals surface area contributed by atoms with E-state index in [1.807, 2.05) is 13.8 Å². The SMILES string of the molecule is CC.COc1ccc(-c2cc(=O)c3c(O)c(O)c(OC)cc3o2)cc1. The van der Waals surface area contributed by atoms with Crippen LogP contribution in [0.1, 0.15) is 13.8 Å². The van der Waals surface area contributed by atoms with Crippen molar-refractivity contribution in [2.75, 3.05) is 14.2 Å². The quantitative estimate of drug-likeness (QED) is 0.700. The Hall–Kier alpha value is -3.15. The minimum absolute atomic E-state index is 0.0185. The summed E-state index contributed by atoms with van der Waals surface area (Å²) in [5.74, 6) is -0.0256. The van der Waals surface area contributed by atoms with Gasteiger partial charge in [0.05, 0.1) is 14.2 Å². The average molecular weight is 344 g/mol. The van der Waals surface area contributed by atoms with Crippen LogP contribution in [-0.2, 0) is 0 Å². The fraction of sp³-hybridized carbons (Fsp3) is 0.211. The maximum Gasteiger partial charge on any atom is 0.201 e. The summed E-state index contributed by atoms with van der Waals surface area (Å²) in [7, 11) is 2.90. The molecule has 132 valence electrons. The van der Waals surface area contributed by atoms with Crippen LogP contribution in [0.2, 0.25) is 0 Å². The number of hydrogen-bond donors (Lipinski definition) is 2. The van der Waals surface area contributed by atoms with Crippen molar-refractivity contribution in [2.24, 2.45) is 0 Å². The zero-order valence-corrected chi connectivity index (χ0v) is 14.5. The summed E-state index contributed by atoms with van der Waals surface area (Å²) in [6, 6.07) is 9.61. The minimum Gasteiger partial charge on any atom is -0.504 e. The van der Waals surface area contributed by atoms with E-state index in [2.05, 4.69) is 0 Å². The number of phenolic OH excluding ortho intramolecular Hbond substituents is 2. The zero-order chi connectivity index (χ0) is 18.6. The predicted molar refractivity (Wildman–Crippen MR) is 95.7 cm³/mol. The van der Waals surface area contributed by atoms with Gasteiger partial charge in [0.1, 0.15) is 22.5 Å². The molecule has 3 rings (SSSR count). The monoisotopic (exact) mass is 344 g/mol. The van der Waals surface area contributed by atoms with Gasteiger partial charge in [0.25, 0.3) is 0 Å². The second-order valence-corrected chi connectivity index (χ2v) is 4.85. The third-order valence-corrected chi connectivity index (χ3v) is 3.53. The van der Waals surface area contributed by atoms with Crippen molar-refractivity contribution >= 4 is 11.0 Å². The first-order chi connectivity index (χ1) is 12.0. The van der Waals surface area contributed by atoms with Crippen LogP contribution in [0.3, 0.4) is 0 Å². The van der Waals surface area contributed by atoms with Gasteiger partial charge < -0.3 is 24.1 Å². The van der Waals surface area contributed by atoms with Gasteiger partial charge in [-0.1, -0.05) is 13.8 Å². The normalized spacial score (nSPS) is 10.1. The second-order valence-electron chi connectivity index (χ2n) is 4.85. The van der Waals surface area contributed by atoms with Crippen molar-refractivity contribution < 1.29 is 24.1 Å². The highest BCUT2D eigenvalue weighted by Gasteiger charge is 2.18. The summed E-state index contributed by atoms with van der Waals surface area (Å²) in [4.78, 5) is 12.3. The molecule has 0 saturated heterocycles. The molecule has 0 amide bonds. The van der Waals surface area contributed by atoms with Gasteiger partial charge in [-0.15, -0.1) is 0 Å². The Morgan fingerprint density at radius 3 is 2.12 bits per heavy atom. The average Bonchev–Trinajstić information content (AvgIpc) is 2.65. The maximum atomic E-state index is 12.3. The number of aromatic hydroxyl groups is 2. The summed E-state index contributed by atoms with van der Waals surface area (Å²) >= 11 is 0. The Balaban J connectivity index is 0.00000109. The van der Waals surface area contributed by atoms with Gasteiger partial charge >= 0.3 is 0 Å². The van der Waals surface area contributed by atoms with Crippen LogP contribution in [0.5, 0.6) is 23.0 Å². The van der Waals surface area contributed by atoms with E-state index in [9.17, 15) is 15.0 Å². The summed E-state index contributed by atoms with van der Waals surface area (Å²) in [5, 5.41) is 19.7. The van der Waals surface area contributed by atoms with Gasteiger partial charge in [0, 0.05) is 17.7 Å². The number of fused-ring (bicyclic) bond motifs is 1. The molecule has 2 N–H and O–H groups in total. The summed E-state index contributed by atoms with van der Waals surface area (Å²) < 4.78 is 15.7. The summed E-state index contributed by atoms with van der Waals surface area (Å²) in [6.07, 6.45) is 0. The number of methoxy groups -OCH3 is 2. The number of hydrogen-bond acceptors (Lipinski definition) is 6. The molecule has 2 aromatic carbocycles. The van der Waals surface area contributed by atoms with Crippen LogP contribution in [-0.4, -0.2) is 24.4 Å². The van der Waals surface area contributed by atoms with E-state index >= 15 is 0 Å². The largest absolute Gasteiger partial charge is 0.504 e. The highest BCUT2D eigenvalue weighted by molar-refractivity contribution is 5.89. The molecule has 0 unspecified atom stereocenters. The first-order valence-electron chi connectivity index (χ1n) is 7.76. The van der Waals surface area contributed by atoms with E-state index < -0.39 is 16.9 Å². The lowest BCUT2D eigenvalue weighted by Crippen LogP contribution is -2.01. The lowest BCUT2D eigenvalue weighted by molar-refractivity contribution is 0.352. The van der Waals surface area contributed by atoms with Crippen LogP contribution >= 0.6 is 0 Å². The molecule has 25 heavy (non-hydrogen) atoms. The molecule has 0 radical (unpaired) electrons. The highest BCUT2D eigenvalue weighted by Crippen LogP contribution is 2.41. The predicted octanol–water partition coefficient (Wildman–Crippen LogP) is 3.91. The van der Waals surface area contributed by atoms with Gasteiger partial charge in [-0.2, -0.15) is 0 Å². The molecular weight excluding hydrogens is 324 g/mol. The van der Waals surface area contributed by atoms with Crippen molar-refractivity contribution in [1.29, 1.82) is 0 Å². The Morgan fingerprint density at radius 1 is 0.920 bits per heavy atom. The van der Waals surface area contributed by atoms with Crippen LogP contribution < -0.4 is 14.9 Å². The molecule has 6 nitrogen and oxygen atoms in total. The number of phenols is 2. The third-order valence-electron chi connectivity index (χ3n) is 3.53. The fourth-order valence-corrected chi connectivity index (χ4v) is 2.32. The summed E-state index contributed by atoms with van der Waals surface area (Å²) in [5.41, 5.74) is 0.333. The van der Waals surface area contributed by atoms with E-state index in [-0.39, 0.29) is 16.7 Å². The molecule has 0 saturated carbocycles. The van der Waals surface area contributed by atoms with Crippen molar-refractivity contribution in [1.82, 2.24) is 0 Å². The Labute approximate surface area is 144 Å². The molecule has 3 aromatic rings. The molecular formula is C19H20O6. The molecule has 0 fully saturated rings. The Kier molecular flexibility index (Phi) is 5.54. The number of ether oxygens (including phenoxy) is 2.